The van der Waals surface area contributed by atoms with Crippen molar-refractivity contribution < 1.29 is 14.6 Å². The zero-order valence-electron chi connectivity index (χ0n) is 13.1. The molecule has 1 aromatic rings. The molecule has 0 aliphatic carbocycles. The molecule has 1 fully saturated rings. The molecule has 2 atom stereocenters. The number of aliphatic hydroxyl groups excluding tert-OH is 1. The van der Waals surface area contributed by atoms with E-state index >= 15 is 0 Å². The van der Waals surface area contributed by atoms with Crippen molar-refractivity contribution in [2.24, 2.45) is 0 Å². The number of hydrogen-bond acceptors (Lipinski definition) is 4. The number of aliphatic hydroxyl groups is 1. The van der Waals surface area contributed by atoms with Crippen molar-refractivity contribution in [3.05, 3.63) is 29.8 Å². The first-order chi connectivity index (χ1) is 10.2. The SMILES string of the molecule is COCCOc1ccccc1CN1CCCC1CC(C)O. The quantitative estimate of drug-likeness (QED) is 0.748. The molecule has 0 radical (unpaired) electrons. The molecular formula is C17H27NO3. The first-order valence-corrected chi connectivity index (χ1v) is 7.82. The first-order valence-electron chi connectivity index (χ1n) is 7.82. The van der Waals surface area contributed by atoms with Crippen LogP contribution in [0.2, 0.25) is 0 Å². The van der Waals surface area contributed by atoms with E-state index in [1.807, 2.05) is 19.1 Å². The van der Waals surface area contributed by atoms with Crippen LogP contribution in [-0.4, -0.2) is 49.0 Å². The van der Waals surface area contributed by atoms with Crippen molar-refractivity contribution >= 4 is 0 Å². The van der Waals surface area contributed by atoms with Gasteiger partial charge in [0.05, 0.1) is 12.7 Å². The van der Waals surface area contributed by atoms with Crippen molar-refractivity contribution in [3.8, 4) is 5.75 Å². The molecule has 4 heteroatoms. The van der Waals surface area contributed by atoms with Crippen LogP contribution in [0, 0.1) is 0 Å². The van der Waals surface area contributed by atoms with Crippen molar-refractivity contribution in [1.29, 1.82) is 0 Å². The van der Waals surface area contributed by atoms with Gasteiger partial charge in [0.15, 0.2) is 0 Å². The van der Waals surface area contributed by atoms with E-state index in [-0.39, 0.29) is 6.10 Å². The van der Waals surface area contributed by atoms with Crippen molar-refractivity contribution in [3.63, 3.8) is 0 Å². The average molecular weight is 293 g/mol. The van der Waals surface area contributed by atoms with Gasteiger partial charge in [0.1, 0.15) is 12.4 Å². The summed E-state index contributed by atoms with van der Waals surface area (Å²) >= 11 is 0. The molecule has 21 heavy (non-hydrogen) atoms. The largest absolute Gasteiger partial charge is 0.491 e. The van der Waals surface area contributed by atoms with Crippen LogP contribution in [0.5, 0.6) is 5.75 Å². The lowest BCUT2D eigenvalue weighted by Crippen LogP contribution is -2.31. The monoisotopic (exact) mass is 293 g/mol. The fraction of sp³-hybridized carbons (Fsp3) is 0.647. The van der Waals surface area contributed by atoms with Crippen LogP contribution in [0.1, 0.15) is 31.7 Å². The van der Waals surface area contributed by atoms with E-state index in [0.29, 0.717) is 19.3 Å². The van der Waals surface area contributed by atoms with Crippen LogP contribution in [0.4, 0.5) is 0 Å². The molecule has 1 aliphatic rings. The molecule has 0 bridgehead atoms. The van der Waals surface area contributed by atoms with Crippen LogP contribution in [0.3, 0.4) is 0 Å². The predicted octanol–water partition coefficient (Wildman–Crippen LogP) is 2.45. The van der Waals surface area contributed by atoms with E-state index in [0.717, 1.165) is 25.3 Å². The van der Waals surface area contributed by atoms with Crippen LogP contribution in [0.25, 0.3) is 0 Å². The van der Waals surface area contributed by atoms with Gasteiger partial charge in [-0.3, -0.25) is 4.90 Å². The van der Waals surface area contributed by atoms with E-state index in [4.69, 9.17) is 9.47 Å². The lowest BCUT2D eigenvalue weighted by Gasteiger charge is -2.26. The summed E-state index contributed by atoms with van der Waals surface area (Å²) in [6, 6.07) is 8.68. The fourth-order valence-corrected chi connectivity index (χ4v) is 2.99. The molecule has 1 heterocycles. The summed E-state index contributed by atoms with van der Waals surface area (Å²) in [5, 5.41) is 9.63. The van der Waals surface area contributed by atoms with Gasteiger partial charge in [-0.25, -0.2) is 0 Å². The Morgan fingerprint density at radius 1 is 1.33 bits per heavy atom. The minimum absolute atomic E-state index is 0.233. The summed E-state index contributed by atoms with van der Waals surface area (Å²) in [6.07, 6.45) is 3.01. The molecule has 0 amide bonds. The number of ether oxygens (including phenoxy) is 2. The van der Waals surface area contributed by atoms with Crippen molar-refractivity contribution in [2.75, 3.05) is 26.9 Å². The molecule has 2 rings (SSSR count). The van der Waals surface area contributed by atoms with Crippen LogP contribution >= 0.6 is 0 Å². The number of para-hydroxylation sites is 1. The number of methoxy groups -OCH3 is 1. The number of hydrogen-bond donors (Lipinski definition) is 1. The first kappa shape index (κ1) is 16.3. The Bertz CT molecular complexity index is 422. The molecule has 0 saturated carbocycles. The second-order valence-corrected chi connectivity index (χ2v) is 5.80. The maximum Gasteiger partial charge on any atom is 0.123 e. The van der Waals surface area contributed by atoms with Gasteiger partial charge < -0.3 is 14.6 Å². The summed E-state index contributed by atoms with van der Waals surface area (Å²) in [4.78, 5) is 2.46. The third-order valence-corrected chi connectivity index (χ3v) is 4.00. The second-order valence-electron chi connectivity index (χ2n) is 5.80. The zero-order valence-corrected chi connectivity index (χ0v) is 13.1. The molecule has 1 N–H and O–H groups in total. The number of benzene rings is 1. The third kappa shape index (κ3) is 4.99. The number of nitrogens with zero attached hydrogens (tertiary/aromatic N) is 1. The molecule has 118 valence electrons. The van der Waals surface area contributed by atoms with E-state index in [9.17, 15) is 5.11 Å². The summed E-state index contributed by atoms with van der Waals surface area (Å²) in [7, 11) is 1.68. The standard InChI is InChI=1S/C17H27NO3/c1-14(19)12-16-7-5-9-18(16)13-15-6-3-4-8-17(15)21-11-10-20-2/h3-4,6,8,14,16,19H,5,7,9-13H2,1-2H3. The lowest BCUT2D eigenvalue weighted by molar-refractivity contribution is 0.128. The van der Waals surface area contributed by atoms with E-state index < -0.39 is 0 Å². The highest BCUT2D eigenvalue weighted by atomic mass is 16.5. The number of rotatable bonds is 8. The highest BCUT2D eigenvalue weighted by Gasteiger charge is 2.26. The van der Waals surface area contributed by atoms with Gasteiger partial charge in [-0.1, -0.05) is 18.2 Å². The number of likely N-dealkylation sites (tertiary alicyclic amines) is 1. The second kappa shape index (κ2) is 8.37. The Labute approximate surface area is 127 Å². The summed E-state index contributed by atoms with van der Waals surface area (Å²) in [6.45, 7) is 5.04. The van der Waals surface area contributed by atoms with Gasteiger partial charge in [-0.15, -0.1) is 0 Å². The molecule has 2 unspecified atom stereocenters. The highest BCUT2D eigenvalue weighted by Crippen LogP contribution is 2.27. The summed E-state index contributed by atoms with van der Waals surface area (Å²) in [5.41, 5.74) is 1.21. The topological polar surface area (TPSA) is 41.9 Å². The Morgan fingerprint density at radius 2 is 2.14 bits per heavy atom. The third-order valence-electron chi connectivity index (χ3n) is 4.00. The Hall–Kier alpha value is -1.10. The Kier molecular flexibility index (Phi) is 6.49. The van der Waals surface area contributed by atoms with Gasteiger partial charge in [-0.2, -0.15) is 0 Å². The van der Waals surface area contributed by atoms with E-state index in [1.165, 1.54) is 18.4 Å². The highest BCUT2D eigenvalue weighted by molar-refractivity contribution is 5.33. The predicted molar refractivity (Wildman–Crippen MR) is 83.5 cm³/mol. The molecule has 0 aromatic heterocycles. The minimum Gasteiger partial charge on any atom is -0.491 e. The molecule has 1 saturated heterocycles. The zero-order chi connectivity index (χ0) is 15.1. The molecule has 1 aromatic carbocycles. The van der Waals surface area contributed by atoms with Crippen LogP contribution < -0.4 is 4.74 Å². The lowest BCUT2D eigenvalue weighted by atomic mass is 10.1. The van der Waals surface area contributed by atoms with Gasteiger partial charge in [0.2, 0.25) is 0 Å². The summed E-state index contributed by atoms with van der Waals surface area (Å²) in [5.74, 6) is 0.942. The van der Waals surface area contributed by atoms with Gasteiger partial charge >= 0.3 is 0 Å². The van der Waals surface area contributed by atoms with E-state index in [2.05, 4.69) is 17.0 Å². The van der Waals surface area contributed by atoms with Gasteiger partial charge in [-0.05, 0) is 38.8 Å². The fourth-order valence-electron chi connectivity index (χ4n) is 2.99. The Balaban J connectivity index is 1.98. The minimum atomic E-state index is -0.233. The molecule has 4 nitrogen and oxygen atoms in total. The smallest absolute Gasteiger partial charge is 0.123 e. The maximum absolute atomic E-state index is 9.63. The van der Waals surface area contributed by atoms with Crippen molar-refractivity contribution in [1.82, 2.24) is 4.90 Å². The van der Waals surface area contributed by atoms with Crippen LogP contribution in [0.15, 0.2) is 24.3 Å². The average Bonchev–Trinajstić information content (AvgIpc) is 2.87. The normalized spacial score (nSPS) is 20.6. The summed E-state index contributed by atoms with van der Waals surface area (Å²) < 4.78 is 10.8. The molecule has 0 spiro atoms. The maximum atomic E-state index is 9.63. The van der Waals surface area contributed by atoms with Crippen LogP contribution in [-0.2, 0) is 11.3 Å². The molecule has 1 aliphatic heterocycles. The van der Waals surface area contributed by atoms with Gasteiger partial charge in [0.25, 0.3) is 0 Å². The molecular weight excluding hydrogens is 266 g/mol. The Morgan fingerprint density at radius 3 is 2.90 bits per heavy atom. The van der Waals surface area contributed by atoms with Crippen molar-refractivity contribution in [2.45, 2.75) is 44.9 Å². The van der Waals surface area contributed by atoms with Gasteiger partial charge in [0, 0.05) is 25.3 Å². The van der Waals surface area contributed by atoms with E-state index in [1.54, 1.807) is 7.11 Å².